The number of hydrogen-bond acceptors (Lipinski definition) is 3. The zero-order valence-corrected chi connectivity index (χ0v) is 14.0. The van der Waals surface area contributed by atoms with Crippen molar-refractivity contribution in [2.45, 2.75) is 12.5 Å². The van der Waals surface area contributed by atoms with E-state index in [-0.39, 0.29) is 20.8 Å². The Morgan fingerprint density at radius 3 is 2.43 bits per heavy atom. The summed E-state index contributed by atoms with van der Waals surface area (Å²) < 4.78 is 0. The van der Waals surface area contributed by atoms with Crippen molar-refractivity contribution in [3.05, 3.63) is 27.2 Å². The second kappa shape index (κ2) is 8.58. The molecule has 9 heteroatoms. The lowest BCUT2D eigenvalue weighted by atomic mass is 10.2. The first-order valence-electron chi connectivity index (χ1n) is 5.79. The maximum Gasteiger partial charge on any atom is 0.326 e. The van der Waals surface area contributed by atoms with Crippen LogP contribution in [0.4, 0.5) is 10.5 Å². The number of benzene rings is 1. The van der Waals surface area contributed by atoms with Gasteiger partial charge in [-0.2, -0.15) is 11.8 Å². The Labute approximate surface area is 141 Å². The van der Waals surface area contributed by atoms with Gasteiger partial charge in [0.1, 0.15) is 6.04 Å². The van der Waals surface area contributed by atoms with Gasteiger partial charge in [0.05, 0.1) is 20.8 Å². The van der Waals surface area contributed by atoms with Crippen LogP contribution in [0.3, 0.4) is 0 Å². The number of carbonyl (C=O) groups is 2. The van der Waals surface area contributed by atoms with Crippen molar-refractivity contribution in [1.82, 2.24) is 5.32 Å². The molecule has 0 fully saturated rings. The zero-order valence-electron chi connectivity index (χ0n) is 11.0. The van der Waals surface area contributed by atoms with E-state index in [1.165, 1.54) is 23.9 Å². The Morgan fingerprint density at radius 2 is 1.86 bits per heavy atom. The maximum atomic E-state index is 11.8. The summed E-state index contributed by atoms with van der Waals surface area (Å²) in [7, 11) is 0. The van der Waals surface area contributed by atoms with Crippen LogP contribution in [0.25, 0.3) is 0 Å². The summed E-state index contributed by atoms with van der Waals surface area (Å²) in [6, 6.07) is 1.13. The number of urea groups is 1. The van der Waals surface area contributed by atoms with Crippen molar-refractivity contribution < 1.29 is 14.7 Å². The number of aliphatic carboxylic acids is 1. The molecule has 21 heavy (non-hydrogen) atoms. The van der Waals surface area contributed by atoms with Crippen LogP contribution in [0.2, 0.25) is 15.1 Å². The minimum Gasteiger partial charge on any atom is -0.480 e. The van der Waals surface area contributed by atoms with Crippen LogP contribution >= 0.6 is 46.6 Å². The number of carboxylic acid groups (broad SMARTS) is 1. The third-order valence-corrected chi connectivity index (χ3v) is 4.15. The highest BCUT2D eigenvalue weighted by molar-refractivity contribution is 7.98. The van der Waals surface area contributed by atoms with Crippen molar-refractivity contribution in [2.24, 2.45) is 0 Å². The molecule has 1 aromatic rings. The molecule has 0 spiro atoms. The van der Waals surface area contributed by atoms with Gasteiger partial charge >= 0.3 is 12.0 Å². The second-order valence-corrected chi connectivity index (χ2v) is 6.22. The van der Waals surface area contributed by atoms with Crippen LogP contribution in [-0.2, 0) is 4.79 Å². The van der Waals surface area contributed by atoms with Gasteiger partial charge in [-0.05, 0) is 30.6 Å². The fourth-order valence-electron chi connectivity index (χ4n) is 1.43. The van der Waals surface area contributed by atoms with Crippen LogP contribution < -0.4 is 10.6 Å². The average molecular weight is 372 g/mol. The molecule has 1 rings (SSSR count). The molecule has 1 atom stereocenters. The summed E-state index contributed by atoms with van der Waals surface area (Å²) >= 11 is 19.0. The van der Waals surface area contributed by atoms with Crippen LogP contribution in [0, 0.1) is 0 Å². The number of nitrogens with one attached hydrogen (secondary N) is 2. The highest BCUT2D eigenvalue weighted by Gasteiger charge is 2.20. The Balaban J connectivity index is 2.72. The first-order valence-corrected chi connectivity index (χ1v) is 8.31. The Bertz CT molecular complexity index is 543. The van der Waals surface area contributed by atoms with E-state index in [9.17, 15) is 9.59 Å². The first-order chi connectivity index (χ1) is 9.85. The van der Waals surface area contributed by atoms with Crippen LogP contribution in [0.1, 0.15) is 6.42 Å². The standard InChI is InChI=1S/C12H13Cl3N2O3S/c1-21-3-2-9(11(18)19)16-12(20)17-10-5-7(14)6(13)4-8(10)15/h4-5,9H,2-3H2,1H3,(H,18,19)(H2,16,17,20). The van der Waals surface area contributed by atoms with E-state index in [0.717, 1.165) is 0 Å². The first kappa shape index (κ1) is 18.2. The van der Waals surface area contributed by atoms with Gasteiger partial charge in [-0.25, -0.2) is 9.59 Å². The molecule has 1 unspecified atom stereocenters. The minimum absolute atomic E-state index is 0.204. The molecule has 0 saturated carbocycles. The lowest BCUT2D eigenvalue weighted by Crippen LogP contribution is -2.43. The predicted molar refractivity (Wildman–Crippen MR) is 88.0 cm³/mol. The normalized spacial score (nSPS) is 11.8. The highest BCUT2D eigenvalue weighted by atomic mass is 35.5. The van der Waals surface area contributed by atoms with Gasteiger partial charge in [0.25, 0.3) is 0 Å². The Kier molecular flexibility index (Phi) is 7.45. The lowest BCUT2D eigenvalue weighted by molar-refractivity contribution is -0.139. The summed E-state index contributed by atoms with van der Waals surface area (Å²) in [5, 5.41) is 14.5. The van der Waals surface area contributed by atoms with E-state index in [1.807, 2.05) is 6.26 Å². The lowest BCUT2D eigenvalue weighted by Gasteiger charge is -2.15. The van der Waals surface area contributed by atoms with Crippen molar-refractivity contribution in [3.63, 3.8) is 0 Å². The monoisotopic (exact) mass is 370 g/mol. The number of rotatable bonds is 6. The highest BCUT2D eigenvalue weighted by Crippen LogP contribution is 2.32. The summed E-state index contributed by atoms with van der Waals surface area (Å²) in [5.74, 6) is -0.482. The number of anilines is 1. The zero-order chi connectivity index (χ0) is 16.0. The Morgan fingerprint density at radius 1 is 1.24 bits per heavy atom. The third kappa shape index (κ3) is 5.82. The van der Waals surface area contributed by atoms with E-state index in [1.54, 1.807) is 0 Å². The molecule has 3 N–H and O–H groups in total. The predicted octanol–water partition coefficient (Wildman–Crippen LogP) is 3.97. The topological polar surface area (TPSA) is 78.4 Å². The van der Waals surface area contributed by atoms with Crippen molar-refractivity contribution >= 4 is 64.3 Å². The minimum atomic E-state index is -1.10. The van der Waals surface area contributed by atoms with E-state index < -0.39 is 18.0 Å². The third-order valence-electron chi connectivity index (χ3n) is 2.47. The molecule has 5 nitrogen and oxygen atoms in total. The quantitative estimate of drug-likeness (QED) is 0.661. The van der Waals surface area contributed by atoms with Crippen molar-refractivity contribution in [2.75, 3.05) is 17.3 Å². The molecule has 116 valence electrons. The molecule has 0 aliphatic heterocycles. The van der Waals surface area contributed by atoms with E-state index >= 15 is 0 Å². The van der Waals surface area contributed by atoms with Gasteiger partial charge in [0.15, 0.2) is 0 Å². The molecule has 0 aliphatic carbocycles. The van der Waals surface area contributed by atoms with Crippen LogP contribution in [0.5, 0.6) is 0 Å². The average Bonchev–Trinajstić information content (AvgIpc) is 2.40. The molecule has 0 heterocycles. The van der Waals surface area contributed by atoms with Crippen molar-refractivity contribution in [1.29, 1.82) is 0 Å². The second-order valence-electron chi connectivity index (χ2n) is 4.02. The molecule has 0 saturated heterocycles. The summed E-state index contributed by atoms with van der Waals surface area (Å²) in [6.45, 7) is 0. The van der Waals surface area contributed by atoms with Gasteiger partial charge in [-0.3, -0.25) is 0 Å². The number of hydrogen-bond donors (Lipinski definition) is 3. The molecule has 0 aromatic heterocycles. The van der Waals surface area contributed by atoms with Gasteiger partial charge in [-0.1, -0.05) is 34.8 Å². The number of thioether (sulfide) groups is 1. The summed E-state index contributed by atoms with van der Waals surface area (Å²) in [5.41, 5.74) is 0.248. The molecular weight excluding hydrogens is 359 g/mol. The Hall–Kier alpha value is -0.820. The molecule has 0 aliphatic rings. The molecule has 2 amide bonds. The van der Waals surface area contributed by atoms with E-state index in [2.05, 4.69) is 10.6 Å². The van der Waals surface area contributed by atoms with Crippen LogP contribution in [-0.4, -0.2) is 35.2 Å². The SMILES string of the molecule is CSCCC(NC(=O)Nc1cc(Cl)c(Cl)cc1Cl)C(=O)O. The summed E-state index contributed by atoms with van der Waals surface area (Å²) in [4.78, 5) is 22.9. The van der Waals surface area contributed by atoms with Gasteiger partial charge in [-0.15, -0.1) is 0 Å². The molecular formula is C12H13Cl3N2O3S. The smallest absolute Gasteiger partial charge is 0.326 e. The van der Waals surface area contributed by atoms with Gasteiger partial charge in [0.2, 0.25) is 0 Å². The fraction of sp³-hybridized carbons (Fsp3) is 0.333. The van der Waals surface area contributed by atoms with E-state index in [4.69, 9.17) is 39.9 Å². The number of amides is 2. The molecule has 1 aromatic carbocycles. The van der Waals surface area contributed by atoms with Crippen LogP contribution in [0.15, 0.2) is 12.1 Å². The number of halogens is 3. The summed E-state index contributed by atoms with van der Waals surface area (Å²) in [6.07, 6.45) is 2.17. The molecule has 0 radical (unpaired) electrons. The maximum absolute atomic E-state index is 11.8. The number of carbonyl (C=O) groups excluding carboxylic acids is 1. The van der Waals surface area contributed by atoms with Crippen molar-refractivity contribution in [3.8, 4) is 0 Å². The van der Waals surface area contributed by atoms with Gasteiger partial charge in [0, 0.05) is 0 Å². The fourth-order valence-corrected chi connectivity index (χ4v) is 2.49. The molecule has 0 bridgehead atoms. The number of carboxylic acids is 1. The van der Waals surface area contributed by atoms with Gasteiger partial charge < -0.3 is 15.7 Å². The largest absolute Gasteiger partial charge is 0.480 e. The van der Waals surface area contributed by atoms with E-state index in [0.29, 0.717) is 12.2 Å².